The molecule has 0 bridgehead atoms. The Morgan fingerprint density at radius 3 is 2.38 bits per heavy atom. The van der Waals surface area contributed by atoms with Gasteiger partial charge in [0.15, 0.2) is 11.6 Å². The third kappa shape index (κ3) is 2.86. The molecule has 0 saturated carbocycles. The summed E-state index contributed by atoms with van der Waals surface area (Å²) in [5.41, 5.74) is 0. The van der Waals surface area contributed by atoms with E-state index in [1.54, 1.807) is 0 Å². The number of benzene rings is 1. The Bertz CT molecular complexity index is 506. The standard InChI is InChI=1S/C7H5BrF3NO3S/c8-5-4(16(12,13)14)2-1-3(9)6(5)15-7(10)11/h1-2,7H,(H2,12,13,14). The topological polar surface area (TPSA) is 69.4 Å². The summed E-state index contributed by atoms with van der Waals surface area (Å²) in [4.78, 5) is -0.537. The van der Waals surface area contributed by atoms with Crippen LogP contribution in [0.4, 0.5) is 13.2 Å². The van der Waals surface area contributed by atoms with Crippen LogP contribution in [0.15, 0.2) is 21.5 Å². The highest BCUT2D eigenvalue weighted by Crippen LogP contribution is 2.34. The summed E-state index contributed by atoms with van der Waals surface area (Å²) in [5.74, 6) is -2.03. The number of hydrogen-bond donors (Lipinski definition) is 1. The predicted octanol–water partition coefficient (Wildman–Crippen LogP) is 1.84. The fourth-order valence-electron chi connectivity index (χ4n) is 0.931. The van der Waals surface area contributed by atoms with Crippen LogP contribution in [0.25, 0.3) is 0 Å². The Labute approximate surface area is 97.4 Å². The molecule has 0 fully saturated rings. The molecule has 90 valence electrons. The zero-order valence-electron chi connectivity index (χ0n) is 7.45. The van der Waals surface area contributed by atoms with Crippen molar-refractivity contribution in [2.75, 3.05) is 0 Å². The maximum atomic E-state index is 13.1. The van der Waals surface area contributed by atoms with E-state index in [0.717, 1.165) is 6.07 Å². The van der Waals surface area contributed by atoms with Crippen molar-refractivity contribution < 1.29 is 26.3 Å². The number of nitrogens with two attached hydrogens (primary N) is 1. The first-order valence-corrected chi connectivity index (χ1v) is 6.03. The monoisotopic (exact) mass is 319 g/mol. The normalized spacial score (nSPS) is 11.9. The van der Waals surface area contributed by atoms with E-state index in [9.17, 15) is 21.6 Å². The molecule has 16 heavy (non-hydrogen) atoms. The van der Waals surface area contributed by atoms with E-state index in [4.69, 9.17) is 5.14 Å². The zero-order chi connectivity index (χ0) is 12.5. The van der Waals surface area contributed by atoms with Gasteiger partial charge in [0, 0.05) is 0 Å². The van der Waals surface area contributed by atoms with Crippen LogP contribution in [0.2, 0.25) is 0 Å². The molecule has 0 aromatic heterocycles. The van der Waals surface area contributed by atoms with E-state index in [1.807, 2.05) is 0 Å². The highest BCUT2D eigenvalue weighted by Gasteiger charge is 2.21. The molecule has 4 nitrogen and oxygen atoms in total. The first-order valence-electron chi connectivity index (χ1n) is 3.69. The molecule has 1 rings (SSSR count). The fraction of sp³-hybridized carbons (Fsp3) is 0.143. The van der Waals surface area contributed by atoms with Crippen molar-refractivity contribution in [3.05, 3.63) is 22.4 Å². The van der Waals surface area contributed by atoms with Crippen molar-refractivity contribution in [3.8, 4) is 5.75 Å². The van der Waals surface area contributed by atoms with Crippen LogP contribution in [0.1, 0.15) is 0 Å². The van der Waals surface area contributed by atoms with Gasteiger partial charge in [0.1, 0.15) is 0 Å². The van der Waals surface area contributed by atoms with E-state index < -0.39 is 37.6 Å². The zero-order valence-corrected chi connectivity index (χ0v) is 9.86. The minimum absolute atomic E-state index is 0.477. The molecule has 0 heterocycles. The average Bonchev–Trinajstić information content (AvgIpc) is 2.09. The number of ether oxygens (including phenoxy) is 1. The van der Waals surface area contributed by atoms with Gasteiger partial charge >= 0.3 is 6.61 Å². The second-order valence-corrected chi connectivity index (χ2v) is 4.93. The van der Waals surface area contributed by atoms with Crippen LogP contribution >= 0.6 is 15.9 Å². The average molecular weight is 320 g/mol. The molecule has 0 unspecified atom stereocenters. The van der Waals surface area contributed by atoms with Gasteiger partial charge in [0.2, 0.25) is 10.0 Å². The van der Waals surface area contributed by atoms with Crippen molar-refractivity contribution in [1.29, 1.82) is 0 Å². The lowest BCUT2D eigenvalue weighted by molar-refractivity contribution is -0.0529. The Kier molecular flexibility index (Phi) is 3.81. The van der Waals surface area contributed by atoms with Crippen LogP contribution in [-0.2, 0) is 10.0 Å². The quantitative estimate of drug-likeness (QED) is 0.924. The molecule has 0 spiro atoms. The molecule has 0 aliphatic heterocycles. The highest BCUT2D eigenvalue weighted by molar-refractivity contribution is 9.10. The van der Waals surface area contributed by atoms with Gasteiger partial charge in [-0.3, -0.25) is 0 Å². The van der Waals surface area contributed by atoms with Gasteiger partial charge in [-0.2, -0.15) is 8.78 Å². The first-order chi connectivity index (χ1) is 7.23. The number of primary sulfonamides is 1. The Morgan fingerprint density at radius 2 is 1.94 bits per heavy atom. The highest BCUT2D eigenvalue weighted by atomic mass is 79.9. The molecular formula is C7H5BrF3NO3S. The molecule has 0 atom stereocenters. The number of alkyl halides is 2. The van der Waals surface area contributed by atoms with Crippen molar-refractivity contribution in [2.45, 2.75) is 11.5 Å². The van der Waals surface area contributed by atoms with E-state index in [1.165, 1.54) is 0 Å². The summed E-state index contributed by atoms with van der Waals surface area (Å²) in [6, 6.07) is 1.51. The SMILES string of the molecule is NS(=O)(=O)c1ccc(F)c(OC(F)F)c1Br. The molecule has 0 amide bonds. The van der Waals surface area contributed by atoms with Crippen LogP contribution in [-0.4, -0.2) is 15.0 Å². The minimum atomic E-state index is -4.15. The lowest BCUT2D eigenvalue weighted by Gasteiger charge is -2.10. The van der Waals surface area contributed by atoms with E-state index >= 15 is 0 Å². The van der Waals surface area contributed by atoms with Gasteiger partial charge in [-0.15, -0.1) is 0 Å². The number of rotatable bonds is 3. The largest absolute Gasteiger partial charge is 0.430 e. The van der Waals surface area contributed by atoms with E-state index in [-0.39, 0.29) is 0 Å². The Balaban J connectivity index is 3.39. The van der Waals surface area contributed by atoms with Crippen LogP contribution in [0.3, 0.4) is 0 Å². The van der Waals surface area contributed by atoms with E-state index in [2.05, 4.69) is 20.7 Å². The third-order valence-corrected chi connectivity index (χ3v) is 3.53. The molecule has 0 aliphatic carbocycles. The van der Waals surface area contributed by atoms with Crippen LogP contribution in [0, 0.1) is 5.82 Å². The van der Waals surface area contributed by atoms with Gasteiger partial charge in [0.05, 0.1) is 9.37 Å². The molecule has 0 saturated heterocycles. The van der Waals surface area contributed by atoms with Crippen molar-refractivity contribution in [2.24, 2.45) is 5.14 Å². The molecule has 0 aliphatic rings. The van der Waals surface area contributed by atoms with Crippen LogP contribution in [0.5, 0.6) is 5.75 Å². The minimum Gasteiger partial charge on any atom is -0.430 e. The molecular weight excluding hydrogens is 315 g/mol. The van der Waals surface area contributed by atoms with Gasteiger partial charge in [-0.05, 0) is 28.1 Å². The summed E-state index contributed by atoms with van der Waals surface area (Å²) in [7, 11) is -4.15. The van der Waals surface area contributed by atoms with Gasteiger partial charge in [-0.25, -0.2) is 17.9 Å². The predicted molar refractivity (Wildman–Crippen MR) is 52.1 cm³/mol. The third-order valence-electron chi connectivity index (χ3n) is 1.53. The Morgan fingerprint density at radius 1 is 1.38 bits per heavy atom. The fourth-order valence-corrected chi connectivity index (χ4v) is 2.62. The molecule has 2 N–H and O–H groups in total. The summed E-state index contributed by atoms with van der Waals surface area (Å²) in [6.45, 7) is -3.28. The summed E-state index contributed by atoms with van der Waals surface area (Å²) < 4.78 is 62.2. The van der Waals surface area contributed by atoms with E-state index in [0.29, 0.717) is 6.07 Å². The van der Waals surface area contributed by atoms with Crippen molar-refractivity contribution in [3.63, 3.8) is 0 Å². The van der Waals surface area contributed by atoms with Crippen molar-refractivity contribution >= 4 is 26.0 Å². The Hall–Kier alpha value is -0.800. The van der Waals surface area contributed by atoms with Gasteiger partial charge in [0.25, 0.3) is 0 Å². The summed E-state index contributed by atoms with van der Waals surface area (Å²) in [6.07, 6.45) is 0. The van der Waals surface area contributed by atoms with Gasteiger partial charge < -0.3 is 4.74 Å². The van der Waals surface area contributed by atoms with Gasteiger partial charge in [-0.1, -0.05) is 0 Å². The molecule has 0 radical (unpaired) electrons. The maximum absolute atomic E-state index is 13.1. The first kappa shape index (κ1) is 13.3. The smallest absolute Gasteiger partial charge is 0.387 e. The second kappa shape index (κ2) is 4.60. The number of hydrogen-bond acceptors (Lipinski definition) is 3. The number of sulfonamides is 1. The summed E-state index contributed by atoms with van der Waals surface area (Å²) >= 11 is 2.64. The number of halogens is 4. The molecule has 1 aromatic carbocycles. The lowest BCUT2D eigenvalue weighted by atomic mass is 10.3. The van der Waals surface area contributed by atoms with Crippen molar-refractivity contribution in [1.82, 2.24) is 0 Å². The molecule has 1 aromatic rings. The summed E-state index contributed by atoms with van der Waals surface area (Å²) in [5, 5.41) is 4.78. The lowest BCUT2D eigenvalue weighted by Crippen LogP contribution is -2.14. The maximum Gasteiger partial charge on any atom is 0.387 e. The van der Waals surface area contributed by atoms with Crippen LogP contribution < -0.4 is 9.88 Å². The molecule has 9 heteroatoms. The second-order valence-electron chi connectivity index (χ2n) is 2.61.